The molecule has 2 aliphatic rings. The summed E-state index contributed by atoms with van der Waals surface area (Å²) >= 11 is 0. The maximum atomic E-state index is 13.1. The number of hydrogen-bond donors (Lipinski definition) is 2. The Morgan fingerprint density at radius 1 is 1.14 bits per heavy atom. The maximum absolute atomic E-state index is 13.1. The fourth-order valence-electron chi connectivity index (χ4n) is 4.27. The molecule has 0 atom stereocenters. The molecule has 3 heterocycles. The molecule has 1 aromatic carbocycles. The molecule has 1 saturated carbocycles. The number of nitrogens with one attached hydrogen (secondary N) is 2. The minimum Gasteiger partial charge on any atom is -0.479 e. The molecule has 148 valence electrons. The number of imidazole rings is 1. The number of para-hydroxylation sites is 1. The van der Waals surface area contributed by atoms with Gasteiger partial charge in [0.2, 0.25) is 0 Å². The van der Waals surface area contributed by atoms with Crippen molar-refractivity contribution < 1.29 is 14.3 Å². The van der Waals surface area contributed by atoms with Gasteiger partial charge in [-0.2, -0.15) is 0 Å². The number of pyridine rings is 1. The summed E-state index contributed by atoms with van der Waals surface area (Å²) in [6.07, 6.45) is 7.86. The lowest BCUT2D eigenvalue weighted by atomic mass is 9.89. The molecule has 1 fully saturated rings. The highest BCUT2D eigenvalue weighted by Gasteiger charge is 2.26. The van der Waals surface area contributed by atoms with Crippen LogP contribution in [0.25, 0.3) is 5.52 Å². The van der Waals surface area contributed by atoms with Crippen molar-refractivity contribution in [3.8, 4) is 5.75 Å². The van der Waals surface area contributed by atoms with Crippen LogP contribution in [0.2, 0.25) is 0 Å². The largest absolute Gasteiger partial charge is 0.479 e. The van der Waals surface area contributed by atoms with E-state index in [0.29, 0.717) is 28.7 Å². The number of aromatic nitrogens is 2. The molecule has 0 radical (unpaired) electrons. The van der Waals surface area contributed by atoms with E-state index in [2.05, 4.69) is 10.6 Å². The van der Waals surface area contributed by atoms with E-state index >= 15 is 0 Å². The number of carbonyl (C=O) groups excluding carboxylic acids is 2. The van der Waals surface area contributed by atoms with E-state index in [9.17, 15) is 9.59 Å². The first-order chi connectivity index (χ1) is 14.2. The van der Waals surface area contributed by atoms with Gasteiger partial charge in [-0.25, -0.2) is 4.98 Å². The van der Waals surface area contributed by atoms with Gasteiger partial charge in [-0.15, -0.1) is 0 Å². The Morgan fingerprint density at radius 2 is 2.00 bits per heavy atom. The molecular formula is C22H22N4O3. The number of nitrogens with zero attached hydrogens (tertiary/aromatic N) is 2. The molecule has 2 N–H and O–H groups in total. The average molecular weight is 390 g/mol. The summed E-state index contributed by atoms with van der Waals surface area (Å²) in [5.41, 5.74) is 2.27. The summed E-state index contributed by atoms with van der Waals surface area (Å²) in [5, 5.41) is 5.67. The molecule has 0 bridgehead atoms. The fraction of sp³-hybridized carbons (Fsp3) is 0.318. The second-order valence-electron chi connectivity index (χ2n) is 7.58. The highest BCUT2D eigenvalue weighted by molar-refractivity contribution is 6.09. The molecule has 0 unspecified atom stereocenters. The summed E-state index contributed by atoms with van der Waals surface area (Å²) in [7, 11) is 0. The third-order valence-electron chi connectivity index (χ3n) is 5.65. The van der Waals surface area contributed by atoms with Crippen molar-refractivity contribution in [1.29, 1.82) is 0 Å². The van der Waals surface area contributed by atoms with Gasteiger partial charge in [0, 0.05) is 12.1 Å². The van der Waals surface area contributed by atoms with Crippen LogP contribution in [-0.4, -0.2) is 27.8 Å². The van der Waals surface area contributed by atoms with Crippen LogP contribution in [0.4, 0.5) is 11.4 Å². The van der Waals surface area contributed by atoms with Crippen LogP contribution in [0.1, 0.15) is 54.3 Å². The monoisotopic (exact) mass is 390 g/mol. The van der Waals surface area contributed by atoms with Crippen LogP contribution in [-0.2, 0) is 4.79 Å². The third kappa shape index (κ3) is 3.22. The van der Waals surface area contributed by atoms with Crippen molar-refractivity contribution in [3.05, 3.63) is 54.1 Å². The molecule has 5 rings (SSSR count). The summed E-state index contributed by atoms with van der Waals surface area (Å²) in [6, 6.07) is 11.1. The molecular weight excluding hydrogens is 368 g/mol. The second kappa shape index (κ2) is 7.24. The van der Waals surface area contributed by atoms with Crippen molar-refractivity contribution >= 4 is 28.7 Å². The van der Waals surface area contributed by atoms with Gasteiger partial charge in [0.05, 0.1) is 16.9 Å². The predicted octanol–water partition coefficient (Wildman–Crippen LogP) is 3.97. The molecule has 3 aromatic rings. The quantitative estimate of drug-likeness (QED) is 0.709. The normalized spacial score (nSPS) is 16.8. The average Bonchev–Trinajstić information content (AvgIpc) is 3.14. The number of fused-ring (bicyclic) bond motifs is 2. The van der Waals surface area contributed by atoms with Crippen LogP contribution >= 0.6 is 0 Å². The van der Waals surface area contributed by atoms with Crippen molar-refractivity contribution in [2.24, 2.45) is 0 Å². The van der Waals surface area contributed by atoms with Crippen molar-refractivity contribution in [3.63, 3.8) is 0 Å². The van der Waals surface area contributed by atoms with Gasteiger partial charge < -0.3 is 19.8 Å². The zero-order chi connectivity index (χ0) is 19.8. The maximum Gasteiger partial charge on any atom is 0.276 e. The van der Waals surface area contributed by atoms with E-state index < -0.39 is 0 Å². The number of rotatable bonds is 3. The topological polar surface area (TPSA) is 84.7 Å². The SMILES string of the molecule is O=C1COc2c(cccc2NC(=O)c2nc(C3CCCCC3)n3ccccc23)N1. The Morgan fingerprint density at radius 3 is 2.86 bits per heavy atom. The van der Waals surface area contributed by atoms with Crippen LogP contribution in [0, 0.1) is 0 Å². The summed E-state index contributed by atoms with van der Waals surface area (Å²) in [5.74, 6) is 1.31. The first-order valence-electron chi connectivity index (χ1n) is 10.0. The number of anilines is 2. The van der Waals surface area contributed by atoms with Crippen LogP contribution in [0.15, 0.2) is 42.6 Å². The molecule has 1 aliphatic heterocycles. The smallest absolute Gasteiger partial charge is 0.276 e. The van der Waals surface area contributed by atoms with E-state index in [4.69, 9.17) is 9.72 Å². The van der Waals surface area contributed by atoms with E-state index in [1.54, 1.807) is 18.2 Å². The van der Waals surface area contributed by atoms with Crippen molar-refractivity contribution in [2.75, 3.05) is 17.2 Å². The van der Waals surface area contributed by atoms with E-state index in [0.717, 1.165) is 24.2 Å². The Bertz CT molecular complexity index is 1100. The molecule has 7 nitrogen and oxygen atoms in total. The lowest BCUT2D eigenvalue weighted by Crippen LogP contribution is -2.26. The first kappa shape index (κ1) is 17.7. The van der Waals surface area contributed by atoms with Crippen molar-refractivity contribution in [1.82, 2.24) is 9.38 Å². The zero-order valence-corrected chi connectivity index (χ0v) is 16.0. The van der Waals surface area contributed by atoms with Gasteiger partial charge in [0.1, 0.15) is 5.82 Å². The standard InChI is InChI=1S/C22H22N4O3/c27-18-13-29-20-15(23-18)9-6-10-16(20)24-22(28)19-17-11-4-5-12-26(17)21(25-19)14-7-2-1-3-8-14/h4-6,9-12,14H,1-3,7-8,13H2,(H,23,27)(H,24,28). The van der Waals surface area contributed by atoms with Crippen LogP contribution in [0.3, 0.4) is 0 Å². The Balaban J connectivity index is 1.49. The Kier molecular flexibility index (Phi) is 4.42. The molecule has 0 spiro atoms. The number of carbonyl (C=O) groups is 2. The molecule has 29 heavy (non-hydrogen) atoms. The van der Waals surface area contributed by atoms with Gasteiger partial charge in [-0.3, -0.25) is 9.59 Å². The van der Waals surface area contributed by atoms with Gasteiger partial charge >= 0.3 is 0 Å². The summed E-state index contributed by atoms with van der Waals surface area (Å²) in [4.78, 5) is 29.5. The predicted molar refractivity (Wildman–Crippen MR) is 110 cm³/mol. The molecule has 0 saturated heterocycles. The fourth-order valence-corrected chi connectivity index (χ4v) is 4.27. The summed E-state index contributed by atoms with van der Waals surface area (Å²) in [6.45, 7) is -0.0703. The zero-order valence-electron chi connectivity index (χ0n) is 16.0. The lowest BCUT2D eigenvalue weighted by Gasteiger charge is -2.20. The highest BCUT2D eigenvalue weighted by atomic mass is 16.5. The van der Waals surface area contributed by atoms with E-state index in [1.165, 1.54) is 19.3 Å². The van der Waals surface area contributed by atoms with Gasteiger partial charge in [0.15, 0.2) is 18.1 Å². The molecule has 7 heteroatoms. The Labute approximate surface area is 168 Å². The van der Waals surface area contributed by atoms with Gasteiger partial charge in [-0.1, -0.05) is 31.4 Å². The molecule has 2 amide bonds. The first-order valence-corrected chi connectivity index (χ1v) is 10.0. The third-order valence-corrected chi connectivity index (χ3v) is 5.65. The van der Waals surface area contributed by atoms with Crippen LogP contribution < -0.4 is 15.4 Å². The highest BCUT2D eigenvalue weighted by Crippen LogP contribution is 2.36. The van der Waals surface area contributed by atoms with Gasteiger partial charge in [-0.05, 0) is 37.1 Å². The number of hydrogen-bond acceptors (Lipinski definition) is 4. The minimum atomic E-state index is -0.287. The summed E-state index contributed by atoms with van der Waals surface area (Å²) < 4.78 is 7.58. The van der Waals surface area contributed by atoms with Gasteiger partial charge in [0.25, 0.3) is 11.8 Å². The molecule has 1 aliphatic carbocycles. The minimum absolute atomic E-state index is 0.0703. The Hall–Kier alpha value is -3.35. The van der Waals surface area contributed by atoms with Crippen molar-refractivity contribution in [2.45, 2.75) is 38.0 Å². The van der Waals surface area contributed by atoms with E-state index in [1.807, 2.05) is 28.8 Å². The lowest BCUT2D eigenvalue weighted by molar-refractivity contribution is -0.118. The number of ether oxygens (including phenoxy) is 1. The molecule has 2 aromatic heterocycles. The number of benzene rings is 1. The van der Waals surface area contributed by atoms with E-state index in [-0.39, 0.29) is 18.4 Å². The second-order valence-corrected chi connectivity index (χ2v) is 7.58. The number of amides is 2. The van der Waals surface area contributed by atoms with Crippen LogP contribution in [0.5, 0.6) is 5.75 Å².